The minimum atomic E-state index is -3.85. The van der Waals surface area contributed by atoms with E-state index < -0.39 is 25.9 Å². The van der Waals surface area contributed by atoms with Crippen LogP contribution in [0.4, 0.5) is 5.82 Å². The van der Waals surface area contributed by atoms with E-state index in [9.17, 15) is 16.8 Å². The van der Waals surface area contributed by atoms with E-state index in [1.807, 2.05) is 37.3 Å². The second-order valence-corrected chi connectivity index (χ2v) is 11.3. The number of aromatic nitrogens is 2. The van der Waals surface area contributed by atoms with Gasteiger partial charge in [-0.25, -0.2) is 21.5 Å². The van der Waals surface area contributed by atoms with Gasteiger partial charge in [-0.05, 0) is 30.5 Å². The maximum absolute atomic E-state index is 13.0. The van der Waals surface area contributed by atoms with Gasteiger partial charge in [0.1, 0.15) is 5.82 Å². The van der Waals surface area contributed by atoms with Gasteiger partial charge in [-0.3, -0.25) is 4.72 Å². The quantitative estimate of drug-likeness (QED) is 0.628. The lowest BCUT2D eigenvalue weighted by Crippen LogP contribution is -2.20. The molecule has 1 N–H and O–H groups in total. The van der Waals surface area contributed by atoms with E-state index in [-0.39, 0.29) is 22.2 Å². The van der Waals surface area contributed by atoms with Crippen molar-refractivity contribution in [3.05, 3.63) is 66.2 Å². The van der Waals surface area contributed by atoms with E-state index in [1.54, 1.807) is 30.3 Å². The monoisotopic (exact) mass is 445 g/mol. The SMILES string of the molecule is CCc1ccc(S(=O)(=O)Nc2cc(-c3ccccc3)nn2C2CCS(=O)(=O)C2)cc1. The highest BCUT2D eigenvalue weighted by Crippen LogP contribution is 2.31. The molecule has 0 aliphatic carbocycles. The van der Waals surface area contributed by atoms with E-state index in [0.717, 1.165) is 17.5 Å². The van der Waals surface area contributed by atoms with Crippen molar-refractivity contribution in [2.75, 3.05) is 16.2 Å². The van der Waals surface area contributed by atoms with Gasteiger partial charge in [-0.2, -0.15) is 5.10 Å². The van der Waals surface area contributed by atoms with Crippen molar-refractivity contribution in [1.29, 1.82) is 0 Å². The first-order chi connectivity index (χ1) is 14.3. The van der Waals surface area contributed by atoms with Crippen molar-refractivity contribution in [3.63, 3.8) is 0 Å². The van der Waals surface area contributed by atoms with E-state index in [0.29, 0.717) is 12.1 Å². The lowest BCUT2D eigenvalue weighted by atomic mass is 10.2. The fraction of sp³-hybridized carbons (Fsp3) is 0.286. The molecule has 158 valence electrons. The maximum atomic E-state index is 13.0. The fourth-order valence-electron chi connectivity index (χ4n) is 3.57. The minimum absolute atomic E-state index is 0.0527. The summed E-state index contributed by atoms with van der Waals surface area (Å²) in [7, 11) is -7.01. The molecule has 1 saturated heterocycles. The van der Waals surface area contributed by atoms with Crippen molar-refractivity contribution in [2.24, 2.45) is 0 Å². The van der Waals surface area contributed by atoms with Crippen molar-refractivity contribution in [3.8, 4) is 11.3 Å². The first kappa shape index (κ1) is 20.6. The summed E-state index contributed by atoms with van der Waals surface area (Å²) in [6, 6.07) is 17.3. The lowest BCUT2D eigenvalue weighted by Gasteiger charge is -2.15. The largest absolute Gasteiger partial charge is 0.264 e. The van der Waals surface area contributed by atoms with Gasteiger partial charge < -0.3 is 0 Å². The average molecular weight is 446 g/mol. The normalized spacial score (nSPS) is 18.4. The highest BCUT2D eigenvalue weighted by Gasteiger charge is 2.32. The van der Waals surface area contributed by atoms with Crippen LogP contribution in [0.3, 0.4) is 0 Å². The van der Waals surface area contributed by atoms with Crippen LogP contribution in [0.5, 0.6) is 0 Å². The Labute approximate surface area is 176 Å². The Hall–Kier alpha value is -2.65. The highest BCUT2D eigenvalue weighted by atomic mass is 32.2. The Bertz CT molecular complexity index is 1250. The smallest absolute Gasteiger partial charge is 0.263 e. The van der Waals surface area contributed by atoms with Crippen LogP contribution in [0.2, 0.25) is 0 Å². The highest BCUT2D eigenvalue weighted by molar-refractivity contribution is 7.92. The molecule has 0 spiro atoms. The molecular formula is C21H23N3O4S2. The molecule has 2 aromatic carbocycles. The molecule has 30 heavy (non-hydrogen) atoms. The van der Waals surface area contributed by atoms with Crippen LogP contribution in [0.1, 0.15) is 24.9 Å². The van der Waals surface area contributed by atoms with Crippen LogP contribution >= 0.6 is 0 Å². The molecule has 0 radical (unpaired) electrons. The number of nitrogens with one attached hydrogen (secondary N) is 1. The Morgan fingerprint density at radius 1 is 1.10 bits per heavy atom. The predicted molar refractivity (Wildman–Crippen MR) is 117 cm³/mol. The summed E-state index contributed by atoms with van der Waals surface area (Å²) in [5, 5.41) is 4.56. The molecule has 2 heterocycles. The molecule has 7 nitrogen and oxygen atoms in total. The van der Waals surface area contributed by atoms with Gasteiger partial charge in [0.25, 0.3) is 10.0 Å². The van der Waals surface area contributed by atoms with Gasteiger partial charge >= 0.3 is 0 Å². The van der Waals surface area contributed by atoms with Crippen LogP contribution in [0, 0.1) is 0 Å². The van der Waals surface area contributed by atoms with Crippen LogP contribution in [-0.2, 0) is 26.3 Å². The van der Waals surface area contributed by atoms with Crippen LogP contribution in [-0.4, -0.2) is 38.1 Å². The van der Waals surface area contributed by atoms with Gasteiger partial charge in [0.15, 0.2) is 9.84 Å². The zero-order valence-corrected chi connectivity index (χ0v) is 18.2. The number of nitrogens with zero attached hydrogens (tertiary/aromatic N) is 2. The second-order valence-electron chi connectivity index (χ2n) is 7.39. The summed E-state index contributed by atoms with van der Waals surface area (Å²) in [5.41, 5.74) is 2.45. The second kappa shape index (κ2) is 7.88. The molecule has 1 atom stereocenters. The molecule has 0 saturated carbocycles. The third-order valence-corrected chi connectivity index (χ3v) is 8.36. The third kappa shape index (κ3) is 4.27. The molecule has 1 aliphatic rings. The Kier molecular flexibility index (Phi) is 5.42. The lowest BCUT2D eigenvalue weighted by molar-refractivity contribution is 0.507. The first-order valence-electron chi connectivity index (χ1n) is 9.74. The molecule has 1 fully saturated rings. The Balaban J connectivity index is 1.72. The van der Waals surface area contributed by atoms with Gasteiger partial charge in [0.05, 0.1) is 28.1 Å². The minimum Gasteiger partial charge on any atom is -0.264 e. The van der Waals surface area contributed by atoms with Crippen LogP contribution in [0.15, 0.2) is 65.6 Å². The molecule has 1 aliphatic heterocycles. The predicted octanol–water partition coefficient (Wildman–Crippen LogP) is 3.27. The third-order valence-electron chi connectivity index (χ3n) is 5.24. The maximum Gasteiger partial charge on any atom is 0.263 e. The van der Waals surface area contributed by atoms with Gasteiger partial charge in [-0.15, -0.1) is 0 Å². The molecule has 0 amide bonds. The number of hydrogen-bond donors (Lipinski definition) is 1. The average Bonchev–Trinajstić information content (AvgIpc) is 3.31. The molecular weight excluding hydrogens is 422 g/mol. The summed E-state index contributed by atoms with van der Waals surface area (Å²) in [6.45, 7) is 2.00. The molecule has 0 bridgehead atoms. The van der Waals surface area contributed by atoms with Crippen molar-refractivity contribution < 1.29 is 16.8 Å². The zero-order chi connectivity index (χ0) is 21.4. The number of sulfonamides is 1. The van der Waals surface area contributed by atoms with E-state index in [1.165, 1.54) is 4.68 Å². The van der Waals surface area contributed by atoms with Gasteiger partial charge in [-0.1, -0.05) is 49.4 Å². The van der Waals surface area contributed by atoms with Crippen LogP contribution < -0.4 is 4.72 Å². The van der Waals surface area contributed by atoms with E-state index >= 15 is 0 Å². The molecule has 3 aromatic rings. The number of sulfone groups is 1. The summed E-state index contributed by atoms with van der Waals surface area (Å²) < 4.78 is 54.0. The van der Waals surface area contributed by atoms with Gasteiger partial charge in [0, 0.05) is 11.6 Å². The summed E-state index contributed by atoms with van der Waals surface area (Å²) in [6.07, 6.45) is 1.22. The molecule has 1 unspecified atom stereocenters. The van der Waals surface area contributed by atoms with Crippen LogP contribution in [0.25, 0.3) is 11.3 Å². The standard InChI is InChI=1S/C21H23N3O4S2/c1-2-16-8-10-19(11-9-16)30(27,28)23-21-14-20(17-6-4-3-5-7-17)22-24(21)18-12-13-29(25,26)15-18/h3-11,14,18,23H,2,12-13,15H2,1H3. The van der Waals surface area contributed by atoms with Crippen molar-refractivity contribution in [2.45, 2.75) is 30.7 Å². The Morgan fingerprint density at radius 2 is 1.80 bits per heavy atom. The molecule has 9 heteroatoms. The number of benzene rings is 2. The van der Waals surface area contributed by atoms with E-state index in [4.69, 9.17) is 0 Å². The number of hydrogen-bond acceptors (Lipinski definition) is 5. The summed E-state index contributed by atoms with van der Waals surface area (Å²) >= 11 is 0. The zero-order valence-electron chi connectivity index (χ0n) is 16.5. The summed E-state index contributed by atoms with van der Waals surface area (Å²) in [5.74, 6) is 0.279. The number of rotatable bonds is 6. The Morgan fingerprint density at radius 3 is 2.40 bits per heavy atom. The number of aryl methyl sites for hydroxylation is 1. The van der Waals surface area contributed by atoms with Gasteiger partial charge in [0.2, 0.25) is 0 Å². The van der Waals surface area contributed by atoms with E-state index in [2.05, 4.69) is 9.82 Å². The topological polar surface area (TPSA) is 98.1 Å². The van der Waals surface area contributed by atoms with Crippen molar-refractivity contribution in [1.82, 2.24) is 9.78 Å². The summed E-state index contributed by atoms with van der Waals surface area (Å²) in [4.78, 5) is 0.146. The number of anilines is 1. The fourth-order valence-corrected chi connectivity index (χ4v) is 6.30. The van der Waals surface area contributed by atoms with Crippen molar-refractivity contribution >= 4 is 25.7 Å². The molecule has 4 rings (SSSR count). The first-order valence-corrected chi connectivity index (χ1v) is 13.0. The molecule has 1 aromatic heterocycles.